The lowest BCUT2D eigenvalue weighted by atomic mass is 10.1. The lowest BCUT2D eigenvalue weighted by molar-refractivity contribution is -0.119. The van der Waals surface area contributed by atoms with Gasteiger partial charge in [-0.25, -0.2) is 0 Å². The van der Waals surface area contributed by atoms with Crippen LogP contribution in [0, 0.1) is 18.3 Å². The lowest BCUT2D eigenvalue weighted by Gasteiger charge is -2.13. The zero-order valence-electron chi connectivity index (χ0n) is 15.7. The summed E-state index contributed by atoms with van der Waals surface area (Å²) in [6.45, 7) is 11.2. The summed E-state index contributed by atoms with van der Waals surface area (Å²) in [5.41, 5.74) is 1.40. The normalized spacial score (nSPS) is 8.62. The number of carbonyl (C=O) groups is 2. The van der Waals surface area contributed by atoms with Crippen LogP contribution in [0.2, 0.25) is 0 Å². The van der Waals surface area contributed by atoms with Gasteiger partial charge in [0, 0.05) is 19.5 Å². The number of nitriles is 1. The molecule has 0 heterocycles. The molecular formula is C18H29N3O3. The Labute approximate surface area is 145 Å². The lowest BCUT2D eigenvalue weighted by Crippen LogP contribution is -2.35. The third-order valence-electron chi connectivity index (χ3n) is 2.49. The number of ether oxygens (including phenoxy) is 1. The molecule has 6 heteroatoms. The number of likely N-dealkylation sites (N-methyl/N-ethyl adjacent to an activating group) is 1. The first-order chi connectivity index (χ1) is 11.3. The summed E-state index contributed by atoms with van der Waals surface area (Å²) in [6, 6.07) is 6.95. The number of nitrogens with one attached hydrogen (secondary N) is 2. The van der Waals surface area contributed by atoms with E-state index in [1.807, 2.05) is 34.6 Å². The van der Waals surface area contributed by atoms with E-state index in [-0.39, 0.29) is 24.5 Å². The van der Waals surface area contributed by atoms with Gasteiger partial charge >= 0.3 is 0 Å². The van der Waals surface area contributed by atoms with E-state index in [4.69, 9.17) is 10.00 Å². The molecule has 0 saturated carbocycles. The summed E-state index contributed by atoms with van der Waals surface area (Å²) >= 11 is 0. The number of nitrogens with zero attached hydrogens (tertiary/aromatic N) is 1. The fourth-order valence-corrected chi connectivity index (χ4v) is 1.53. The molecule has 0 aliphatic heterocycles. The molecule has 24 heavy (non-hydrogen) atoms. The zero-order chi connectivity index (χ0) is 19.1. The Hall–Kier alpha value is -2.55. The number of amides is 2. The summed E-state index contributed by atoms with van der Waals surface area (Å²) in [5.74, 6) is 0.255. The molecular weight excluding hydrogens is 306 g/mol. The molecule has 6 nitrogen and oxygen atoms in total. The van der Waals surface area contributed by atoms with E-state index in [0.29, 0.717) is 5.56 Å². The molecule has 1 rings (SSSR count). The van der Waals surface area contributed by atoms with Gasteiger partial charge in [-0.05, 0) is 44.5 Å². The van der Waals surface area contributed by atoms with Crippen molar-refractivity contribution < 1.29 is 14.3 Å². The Morgan fingerprint density at radius 3 is 2.25 bits per heavy atom. The topological polar surface area (TPSA) is 91.2 Å². The van der Waals surface area contributed by atoms with Crippen LogP contribution in [-0.2, 0) is 4.79 Å². The van der Waals surface area contributed by atoms with E-state index in [0.717, 1.165) is 11.3 Å². The van der Waals surface area contributed by atoms with Gasteiger partial charge in [0.15, 0.2) is 0 Å². The summed E-state index contributed by atoms with van der Waals surface area (Å²) < 4.78 is 5.60. The number of benzene rings is 1. The fraction of sp³-hybridized carbons (Fsp3) is 0.500. The summed E-state index contributed by atoms with van der Waals surface area (Å²) in [4.78, 5) is 22.9. The van der Waals surface area contributed by atoms with Gasteiger partial charge in [0.25, 0.3) is 5.91 Å². The average Bonchev–Trinajstić information content (AvgIpc) is 2.56. The van der Waals surface area contributed by atoms with Crippen LogP contribution in [0.4, 0.5) is 0 Å². The highest BCUT2D eigenvalue weighted by atomic mass is 16.5. The van der Waals surface area contributed by atoms with Gasteiger partial charge in [-0.1, -0.05) is 13.8 Å². The van der Waals surface area contributed by atoms with Gasteiger partial charge in [-0.2, -0.15) is 5.26 Å². The van der Waals surface area contributed by atoms with Gasteiger partial charge in [0.05, 0.1) is 18.7 Å². The molecule has 0 saturated heterocycles. The summed E-state index contributed by atoms with van der Waals surface area (Å²) in [5, 5.41) is 12.3. The molecule has 2 N–H and O–H groups in total. The van der Waals surface area contributed by atoms with Crippen molar-refractivity contribution in [1.82, 2.24) is 10.6 Å². The molecule has 0 fully saturated rings. The van der Waals surface area contributed by atoms with E-state index >= 15 is 0 Å². The van der Waals surface area contributed by atoms with Gasteiger partial charge in [0.1, 0.15) is 5.75 Å². The Bertz CT molecular complexity index is 549. The van der Waals surface area contributed by atoms with E-state index in [1.54, 1.807) is 24.3 Å². The van der Waals surface area contributed by atoms with E-state index < -0.39 is 0 Å². The number of carbonyl (C=O) groups excluding carboxylic acids is 2. The quantitative estimate of drug-likeness (QED) is 0.865. The second-order valence-electron chi connectivity index (χ2n) is 4.73. The first kappa shape index (κ1) is 23.7. The number of hydrogen-bond acceptors (Lipinski definition) is 4. The van der Waals surface area contributed by atoms with Crippen LogP contribution in [0.3, 0.4) is 0 Å². The second kappa shape index (κ2) is 14.1. The van der Waals surface area contributed by atoms with Crippen LogP contribution >= 0.6 is 0 Å². The third kappa shape index (κ3) is 10.2. The molecule has 0 radical (unpaired) electrons. The average molecular weight is 335 g/mol. The number of hydrogen-bond donors (Lipinski definition) is 2. The molecule has 0 aromatic heterocycles. The molecule has 0 aliphatic rings. The molecule has 2 amide bonds. The van der Waals surface area contributed by atoms with E-state index in [2.05, 4.69) is 10.6 Å². The maximum absolute atomic E-state index is 11.8. The van der Waals surface area contributed by atoms with Crippen molar-refractivity contribution in [3.05, 3.63) is 29.3 Å². The van der Waals surface area contributed by atoms with E-state index in [1.165, 1.54) is 14.0 Å². The molecule has 1 aromatic rings. The van der Waals surface area contributed by atoms with Gasteiger partial charge in [-0.15, -0.1) is 0 Å². The van der Waals surface area contributed by atoms with Crippen LogP contribution < -0.4 is 15.4 Å². The summed E-state index contributed by atoms with van der Waals surface area (Å²) in [6.07, 6.45) is 0.0895. The third-order valence-corrected chi connectivity index (χ3v) is 2.49. The first-order valence-corrected chi connectivity index (χ1v) is 7.92. The molecule has 0 aliphatic carbocycles. The van der Waals surface area contributed by atoms with Crippen molar-refractivity contribution in [3.63, 3.8) is 0 Å². The van der Waals surface area contributed by atoms with Crippen LogP contribution in [0.25, 0.3) is 0 Å². The largest absolute Gasteiger partial charge is 0.491 e. The highest BCUT2D eigenvalue weighted by Crippen LogP contribution is 2.20. The smallest absolute Gasteiger partial charge is 0.251 e. The van der Waals surface area contributed by atoms with Crippen LogP contribution in [0.5, 0.6) is 5.75 Å². The van der Waals surface area contributed by atoms with Crippen LogP contribution in [-0.4, -0.2) is 31.5 Å². The van der Waals surface area contributed by atoms with Crippen molar-refractivity contribution in [1.29, 1.82) is 5.26 Å². The minimum absolute atomic E-state index is 0.0291. The Morgan fingerprint density at radius 2 is 1.83 bits per heavy atom. The monoisotopic (exact) mass is 335 g/mol. The van der Waals surface area contributed by atoms with Crippen molar-refractivity contribution in [2.24, 2.45) is 0 Å². The number of rotatable bonds is 5. The first-order valence-electron chi connectivity index (χ1n) is 7.92. The molecule has 1 aromatic carbocycles. The van der Waals surface area contributed by atoms with Crippen molar-refractivity contribution in [2.45, 2.75) is 47.6 Å². The number of aryl methyl sites for hydroxylation is 1. The van der Waals surface area contributed by atoms with Crippen molar-refractivity contribution >= 4 is 11.8 Å². The van der Waals surface area contributed by atoms with Gasteiger partial charge < -0.3 is 15.4 Å². The van der Waals surface area contributed by atoms with Crippen LogP contribution in [0.1, 0.15) is 50.5 Å². The minimum atomic E-state index is -0.275. The fourth-order valence-electron chi connectivity index (χ4n) is 1.53. The van der Waals surface area contributed by atoms with E-state index in [9.17, 15) is 9.59 Å². The minimum Gasteiger partial charge on any atom is -0.491 e. The Kier molecular flexibility index (Phi) is 13.9. The van der Waals surface area contributed by atoms with Crippen LogP contribution in [0.15, 0.2) is 18.2 Å². The zero-order valence-corrected chi connectivity index (χ0v) is 15.7. The maximum atomic E-state index is 11.8. The highest BCUT2D eigenvalue weighted by molar-refractivity contribution is 5.96. The SMILES string of the molecule is CC.CC#N.CNC(=O)CNC(=O)c1ccc(OC(C)C)c(C)c1. The maximum Gasteiger partial charge on any atom is 0.251 e. The predicted molar refractivity (Wildman–Crippen MR) is 96.0 cm³/mol. The molecule has 0 atom stereocenters. The summed E-state index contributed by atoms with van der Waals surface area (Å²) in [7, 11) is 1.52. The standard InChI is InChI=1S/C14H20N2O3.C2H3N.C2H6/c1-9(2)19-12-6-5-11(7-10(12)3)14(18)16-8-13(17)15-4;1-2-3;1-2/h5-7,9H,8H2,1-4H3,(H,15,17)(H,16,18);1H3;1-2H3. The molecule has 134 valence electrons. The highest BCUT2D eigenvalue weighted by Gasteiger charge is 2.10. The predicted octanol–water partition coefficient (Wildman–Crippen LogP) is 2.81. The van der Waals surface area contributed by atoms with Crippen molar-refractivity contribution in [3.8, 4) is 11.8 Å². The van der Waals surface area contributed by atoms with Gasteiger partial charge in [0.2, 0.25) is 5.91 Å². The second-order valence-corrected chi connectivity index (χ2v) is 4.73. The van der Waals surface area contributed by atoms with Crippen molar-refractivity contribution in [2.75, 3.05) is 13.6 Å². The van der Waals surface area contributed by atoms with Gasteiger partial charge in [-0.3, -0.25) is 9.59 Å². The molecule has 0 unspecified atom stereocenters. The Morgan fingerprint density at radius 1 is 1.29 bits per heavy atom. The Balaban J connectivity index is 0. The molecule has 0 bridgehead atoms. The molecule has 0 spiro atoms.